The van der Waals surface area contributed by atoms with Crippen molar-refractivity contribution in [3.05, 3.63) is 40.8 Å². The van der Waals surface area contributed by atoms with Crippen LogP contribution in [-0.2, 0) is 10.2 Å². The molecule has 156 valence electrons. The number of nitrogens with zero attached hydrogens (tertiary/aromatic N) is 2. The van der Waals surface area contributed by atoms with Crippen molar-refractivity contribution in [2.45, 2.75) is 55.9 Å². The van der Waals surface area contributed by atoms with E-state index in [1.54, 1.807) is 6.92 Å². The summed E-state index contributed by atoms with van der Waals surface area (Å²) in [7, 11) is 0. The minimum absolute atomic E-state index is 0.0197. The number of hydrogen-bond donors (Lipinski definition) is 1. The van der Waals surface area contributed by atoms with Crippen LogP contribution in [0.25, 0.3) is 0 Å². The van der Waals surface area contributed by atoms with Gasteiger partial charge in [-0.15, -0.1) is 10.2 Å². The molecule has 6 nitrogen and oxygen atoms in total. The summed E-state index contributed by atoms with van der Waals surface area (Å²) in [5.74, 6) is -0.568. The molecule has 0 radical (unpaired) electrons. The maximum atomic E-state index is 13.4. The molecule has 1 heterocycles. The van der Waals surface area contributed by atoms with Gasteiger partial charge in [-0.05, 0) is 31.4 Å². The zero-order valence-electron chi connectivity index (χ0n) is 15.6. The van der Waals surface area contributed by atoms with Gasteiger partial charge in [0.2, 0.25) is 18.2 Å². The third-order valence-corrected chi connectivity index (χ3v) is 5.85. The normalized spacial score (nSPS) is 25.9. The molecule has 2 bridgehead atoms. The Labute approximate surface area is 169 Å². The van der Waals surface area contributed by atoms with E-state index in [1.807, 2.05) is 0 Å². The van der Waals surface area contributed by atoms with Gasteiger partial charge in [0.05, 0.1) is 10.4 Å². The molecule has 5 rings (SSSR count). The standard InChI is InChI=1S/C19H19ClF3N3O3/c1-10(4-14(22)23)16-25-26-17(29-16)18-7-19(8-18,9-18)24-15(27)6-28-11-2-3-12(20)13(21)5-11/h2-3,5,10,14H,4,6-9H2,1H3,(H,24,27)/t10-,18?,19?/m0/s1. The SMILES string of the molecule is C[C@@H](CC(F)F)c1nnc(C23CC(NC(=O)COc4ccc(Cl)c(F)c4)(C2)C3)o1. The van der Waals surface area contributed by atoms with E-state index in [1.165, 1.54) is 12.1 Å². The molecule has 1 N–H and O–H groups in total. The average Bonchev–Trinajstić information content (AvgIpc) is 3.07. The number of halogens is 4. The summed E-state index contributed by atoms with van der Waals surface area (Å²) in [6, 6.07) is 3.96. The highest BCUT2D eigenvalue weighted by atomic mass is 35.5. The number of nitrogens with one attached hydrogen (secondary N) is 1. The number of benzene rings is 1. The van der Waals surface area contributed by atoms with Gasteiger partial charge in [-0.25, -0.2) is 13.2 Å². The van der Waals surface area contributed by atoms with Gasteiger partial charge in [-0.2, -0.15) is 0 Å². The fourth-order valence-corrected chi connectivity index (χ4v) is 4.33. The smallest absolute Gasteiger partial charge is 0.258 e. The predicted molar refractivity (Wildman–Crippen MR) is 96.6 cm³/mol. The maximum absolute atomic E-state index is 13.4. The zero-order chi connectivity index (χ0) is 20.8. The number of carbonyl (C=O) groups is 1. The first-order valence-corrected chi connectivity index (χ1v) is 9.59. The van der Waals surface area contributed by atoms with Crippen molar-refractivity contribution in [3.63, 3.8) is 0 Å². The lowest BCUT2D eigenvalue weighted by atomic mass is 9.39. The van der Waals surface area contributed by atoms with Crippen LogP contribution in [0.1, 0.15) is 50.3 Å². The number of hydrogen-bond acceptors (Lipinski definition) is 5. The molecule has 1 aromatic heterocycles. The molecule has 3 saturated carbocycles. The second kappa shape index (κ2) is 7.19. The number of carbonyl (C=O) groups excluding carboxylic acids is 1. The van der Waals surface area contributed by atoms with E-state index in [4.69, 9.17) is 20.8 Å². The molecule has 29 heavy (non-hydrogen) atoms. The summed E-state index contributed by atoms with van der Waals surface area (Å²) in [5.41, 5.74) is -0.627. The Morgan fingerprint density at radius 2 is 2.07 bits per heavy atom. The number of alkyl halides is 2. The van der Waals surface area contributed by atoms with Crippen molar-refractivity contribution in [1.82, 2.24) is 15.5 Å². The molecule has 1 amide bonds. The molecule has 0 saturated heterocycles. The second-order valence-corrected chi connectivity index (χ2v) is 8.38. The van der Waals surface area contributed by atoms with Crippen LogP contribution in [0.15, 0.2) is 22.6 Å². The van der Waals surface area contributed by atoms with Gasteiger partial charge in [0.1, 0.15) is 11.6 Å². The summed E-state index contributed by atoms with van der Waals surface area (Å²) in [5, 5.41) is 10.8. The summed E-state index contributed by atoms with van der Waals surface area (Å²) >= 11 is 5.61. The van der Waals surface area contributed by atoms with Crippen LogP contribution in [0.3, 0.4) is 0 Å². The first-order chi connectivity index (χ1) is 13.7. The van der Waals surface area contributed by atoms with Crippen molar-refractivity contribution < 1.29 is 27.1 Å². The summed E-state index contributed by atoms with van der Waals surface area (Å²) in [4.78, 5) is 12.2. The highest BCUT2D eigenvalue weighted by molar-refractivity contribution is 6.30. The van der Waals surface area contributed by atoms with E-state index in [-0.39, 0.29) is 46.6 Å². The van der Waals surface area contributed by atoms with Crippen molar-refractivity contribution in [2.24, 2.45) is 0 Å². The van der Waals surface area contributed by atoms with Crippen LogP contribution in [0.4, 0.5) is 13.2 Å². The molecule has 10 heteroatoms. The minimum atomic E-state index is -2.43. The molecular weight excluding hydrogens is 411 g/mol. The number of amides is 1. The number of rotatable bonds is 8. The Morgan fingerprint density at radius 3 is 2.72 bits per heavy atom. The van der Waals surface area contributed by atoms with Crippen molar-refractivity contribution in [2.75, 3.05) is 6.61 Å². The highest BCUT2D eigenvalue weighted by Crippen LogP contribution is 2.67. The largest absolute Gasteiger partial charge is 0.484 e. The fourth-order valence-electron chi connectivity index (χ4n) is 4.21. The molecule has 3 aliphatic carbocycles. The summed E-state index contributed by atoms with van der Waals surface area (Å²) < 4.78 is 49.3. The molecule has 3 fully saturated rings. The third-order valence-electron chi connectivity index (χ3n) is 5.54. The van der Waals surface area contributed by atoms with Gasteiger partial charge in [-0.1, -0.05) is 18.5 Å². The van der Waals surface area contributed by atoms with Gasteiger partial charge >= 0.3 is 0 Å². The third kappa shape index (κ3) is 3.80. The molecule has 3 aliphatic rings. The Kier molecular flexibility index (Phi) is 4.96. The molecule has 0 spiro atoms. The average molecular weight is 430 g/mol. The molecule has 1 atom stereocenters. The lowest BCUT2D eigenvalue weighted by Crippen LogP contribution is -2.77. The fraction of sp³-hybridized carbons (Fsp3) is 0.526. The molecule has 2 aromatic rings. The van der Waals surface area contributed by atoms with Gasteiger partial charge in [0.25, 0.3) is 5.91 Å². The first kappa shape index (κ1) is 20.0. The molecular formula is C19H19ClF3N3O3. The quantitative estimate of drug-likeness (QED) is 0.686. The van der Waals surface area contributed by atoms with E-state index in [2.05, 4.69) is 15.5 Å². The van der Waals surface area contributed by atoms with Crippen LogP contribution in [0, 0.1) is 5.82 Å². The monoisotopic (exact) mass is 429 g/mol. The summed E-state index contributed by atoms with van der Waals surface area (Å²) in [6.07, 6.45) is -0.822. The van der Waals surface area contributed by atoms with Crippen LogP contribution < -0.4 is 10.1 Å². The van der Waals surface area contributed by atoms with Gasteiger partial charge in [-0.3, -0.25) is 4.79 Å². The van der Waals surface area contributed by atoms with Crippen molar-refractivity contribution in [3.8, 4) is 5.75 Å². The maximum Gasteiger partial charge on any atom is 0.258 e. The molecule has 1 aromatic carbocycles. The van der Waals surface area contributed by atoms with Crippen LogP contribution >= 0.6 is 11.6 Å². The predicted octanol–water partition coefficient (Wildman–Crippen LogP) is 3.99. The van der Waals surface area contributed by atoms with Gasteiger partial charge < -0.3 is 14.5 Å². The van der Waals surface area contributed by atoms with Gasteiger partial charge in [0, 0.05) is 23.9 Å². The van der Waals surface area contributed by atoms with Crippen LogP contribution in [-0.4, -0.2) is 34.7 Å². The van der Waals surface area contributed by atoms with Crippen LogP contribution in [0.5, 0.6) is 5.75 Å². The topological polar surface area (TPSA) is 77.2 Å². The Hall–Kier alpha value is -2.29. The van der Waals surface area contributed by atoms with E-state index in [0.29, 0.717) is 25.2 Å². The number of ether oxygens (including phenoxy) is 1. The first-order valence-electron chi connectivity index (χ1n) is 9.21. The molecule has 0 unspecified atom stereocenters. The minimum Gasteiger partial charge on any atom is -0.484 e. The van der Waals surface area contributed by atoms with Crippen molar-refractivity contribution >= 4 is 17.5 Å². The van der Waals surface area contributed by atoms with E-state index >= 15 is 0 Å². The van der Waals surface area contributed by atoms with Gasteiger partial charge in [0.15, 0.2) is 6.61 Å². The highest BCUT2D eigenvalue weighted by Gasteiger charge is 2.71. The number of aromatic nitrogens is 2. The Balaban J connectivity index is 1.27. The van der Waals surface area contributed by atoms with E-state index in [9.17, 15) is 18.0 Å². The zero-order valence-corrected chi connectivity index (χ0v) is 16.3. The Morgan fingerprint density at radius 1 is 1.34 bits per heavy atom. The Bertz CT molecular complexity index is 917. The van der Waals surface area contributed by atoms with E-state index in [0.717, 1.165) is 6.07 Å². The summed E-state index contributed by atoms with van der Waals surface area (Å²) in [6.45, 7) is 1.38. The van der Waals surface area contributed by atoms with Crippen molar-refractivity contribution in [1.29, 1.82) is 0 Å². The molecule has 0 aliphatic heterocycles. The lowest BCUT2D eigenvalue weighted by Gasteiger charge is -2.68. The van der Waals surface area contributed by atoms with Crippen LogP contribution in [0.2, 0.25) is 5.02 Å². The van der Waals surface area contributed by atoms with E-state index < -0.39 is 18.2 Å². The second-order valence-electron chi connectivity index (χ2n) is 7.98. The lowest BCUT2D eigenvalue weighted by molar-refractivity contribution is -0.143.